The molecular formula is C15H13N3O5S2. The minimum absolute atomic E-state index is 0.167. The number of carbonyl (C=O) groups excluding carboxylic acids is 1. The molecular weight excluding hydrogens is 366 g/mol. The topological polar surface area (TPSA) is 111 Å². The van der Waals surface area contributed by atoms with E-state index >= 15 is 0 Å². The van der Waals surface area contributed by atoms with Crippen molar-refractivity contribution in [2.45, 2.75) is 6.61 Å². The van der Waals surface area contributed by atoms with Gasteiger partial charge in [-0.2, -0.15) is 16.3 Å². The Morgan fingerprint density at radius 3 is 2.92 bits per heavy atom. The first-order valence-corrected chi connectivity index (χ1v) is 9.84. The number of carbonyl (C=O) groups is 1. The molecule has 2 aromatic heterocycles. The van der Waals surface area contributed by atoms with Gasteiger partial charge in [-0.15, -0.1) is 0 Å². The number of ether oxygens (including phenoxy) is 1. The fraction of sp³-hybridized carbons (Fsp3) is 0.133. The smallest absolute Gasteiger partial charge is 0.338 e. The lowest BCUT2D eigenvalue weighted by atomic mass is 10.2. The van der Waals surface area contributed by atoms with E-state index in [0.717, 1.165) is 11.8 Å². The summed E-state index contributed by atoms with van der Waals surface area (Å²) in [7, 11) is -3.43. The first-order chi connectivity index (χ1) is 11.9. The van der Waals surface area contributed by atoms with Gasteiger partial charge in [0.15, 0.2) is 6.61 Å². The SMILES string of the molecule is CS(=O)(=O)Nc1cccc(C(=O)OCc2nc(-c3ccsc3)no2)c1. The third-order valence-electron chi connectivity index (χ3n) is 2.98. The van der Waals surface area contributed by atoms with E-state index in [-0.39, 0.29) is 23.7 Å². The van der Waals surface area contributed by atoms with Crippen molar-refractivity contribution in [1.82, 2.24) is 10.1 Å². The number of hydrogen-bond acceptors (Lipinski definition) is 8. The van der Waals surface area contributed by atoms with Crippen molar-refractivity contribution in [3.63, 3.8) is 0 Å². The largest absolute Gasteiger partial charge is 0.452 e. The Labute approximate surface area is 147 Å². The lowest BCUT2D eigenvalue weighted by Crippen LogP contribution is -2.11. The van der Waals surface area contributed by atoms with Crippen molar-refractivity contribution in [1.29, 1.82) is 0 Å². The van der Waals surface area contributed by atoms with Gasteiger partial charge in [-0.25, -0.2) is 13.2 Å². The highest BCUT2D eigenvalue weighted by Crippen LogP contribution is 2.19. The van der Waals surface area contributed by atoms with Crippen LogP contribution in [0.25, 0.3) is 11.4 Å². The Kier molecular flexibility index (Phi) is 4.81. The van der Waals surface area contributed by atoms with E-state index in [0.29, 0.717) is 5.82 Å². The normalized spacial score (nSPS) is 11.2. The summed E-state index contributed by atoms with van der Waals surface area (Å²) in [6.07, 6.45) is 1.03. The molecule has 0 aliphatic rings. The highest BCUT2D eigenvalue weighted by molar-refractivity contribution is 7.92. The Balaban J connectivity index is 1.64. The summed E-state index contributed by atoms with van der Waals surface area (Å²) < 4.78 is 34.9. The molecule has 0 atom stereocenters. The second kappa shape index (κ2) is 7.03. The molecule has 3 rings (SSSR count). The molecule has 1 aromatic carbocycles. The zero-order valence-corrected chi connectivity index (χ0v) is 14.6. The van der Waals surface area contributed by atoms with Gasteiger partial charge in [-0.1, -0.05) is 11.2 Å². The van der Waals surface area contributed by atoms with Gasteiger partial charge in [0.25, 0.3) is 5.89 Å². The van der Waals surface area contributed by atoms with Crippen LogP contribution in [0.5, 0.6) is 0 Å². The number of rotatable bonds is 6. The summed E-state index contributed by atoms with van der Waals surface area (Å²) in [6, 6.07) is 7.83. The number of nitrogens with zero attached hydrogens (tertiary/aromatic N) is 2. The molecule has 25 heavy (non-hydrogen) atoms. The lowest BCUT2D eigenvalue weighted by molar-refractivity contribution is 0.0430. The van der Waals surface area contributed by atoms with E-state index in [1.54, 1.807) is 6.07 Å². The van der Waals surface area contributed by atoms with Crippen LogP contribution in [0.1, 0.15) is 16.2 Å². The summed E-state index contributed by atoms with van der Waals surface area (Å²) in [5.41, 5.74) is 1.30. The summed E-state index contributed by atoms with van der Waals surface area (Å²) >= 11 is 1.51. The molecule has 8 nitrogen and oxygen atoms in total. The number of hydrogen-bond donors (Lipinski definition) is 1. The zero-order valence-electron chi connectivity index (χ0n) is 13.0. The second-order valence-corrected chi connectivity index (χ2v) is 7.58. The van der Waals surface area contributed by atoms with Crippen molar-refractivity contribution >= 4 is 33.0 Å². The van der Waals surface area contributed by atoms with Gasteiger partial charge in [0.05, 0.1) is 11.8 Å². The van der Waals surface area contributed by atoms with Gasteiger partial charge in [-0.3, -0.25) is 4.72 Å². The molecule has 0 saturated carbocycles. The maximum Gasteiger partial charge on any atom is 0.338 e. The van der Waals surface area contributed by atoms with Crippen LogP contribution in [0, 0.1) is 0 Å². The highest BCUT2D eigenvalue weighted by atomic mass is 32.2. The van der Waals surface area contributed by atoms with E-state index < -0.39 is 16.0 Å². The molecule has 10 heteroatoms. The maximum absolute atomic E-state index is 12.1. The standard InChI is InChI=1S/C15H13N3O5S2/c1-25(20,21)18-12-4-2-3-10(7-12)15(19)22-8-13-16-14(17-23-13)11-5-6-24-9-11/h2-7,9,18H,8H2,1H3. The van der Waals surface area contributed by atoms with Crippen LogP contribution in [0.3, 0.4) is 0 Å². The minimum Gasteiger partial charge on any atom is -0.452 e. The number of sulfonamides is 1. The van der Waals surface area contributed by atoms with Gasteiger partial charge in [0.1, 0.15) is 0 Å². The number of benzene rings is 1. The van der Waals surface area contributed by atoms with Crippen LogP contribution in [0.2, 0.25) is 0 Å². The van der Waals surface area contributed by atoms with Crippen LogP contribution < -0.4 is 4.72 Å². The Morgan fingerprint density at radius 2 is 2.20 bits per heavy atom. The van der Waals surface area contributed by atoms with Crippen LogP contribution in [-0.2, 0) is 21.4 Å². The van der Waals surface area contributed by atoms with Crippen molar-refractivity contribution in [2.75, 3.05) is 11.0 Å². The summed E-state index contributed by atoms with van der Waals surface area (Å²) in [5.74, 6) is -0.0425. The first-order valence-electron chi connectivity index (χ1n) is 7.01. The maximum atomic E-state index is 12.1. The van der Waals surface area contributed by atoms with Gasteiger partial charge < -0.3 is 9.26 Å². The number of thiophene rings is 1. The second-order valence-electron chi connectivity index (χ2n) is 5.05. The molecule has 0 spiro atoms. The quantitative estimate of drug-likeness (QED) is 0.655. The Morgan fingerprint density at radius 1 is 1.36 bits per heavy atom. The fourth-order valence-corrected chi connectivity index (χ4v) is 3.15. The van der Waals surface area contributed by atoms with Crippen LogP contribution in [0.4, 0.5) is 5.69 Å². The van der Waals surface area contributed by atoms with Gasteiger partial charge in [0.2, 0.25) is 15.8 Å². The molecule has 0 radical (unpaired) electrons. The zero-order chi connectivity index (χ0) is 17.9. The molecule has 0 bridgehead atoms. The molecule has 0 fully saturated rings. The molecule has 3 aromatic rings. The van der Waals surface area contributed by atoms with E-state index in [2.05, 4.69) is 14.9 Å². The van der Waals surface area contributed by atoms with Gasteiger partial charge in [-0.05, 0) is 29.6 Å². The third kappa shape index (κ3) is 4.64. The molecule has 0 unspecified atom stereocenters. The van der Waals surface area contributed by atoms with E-state index in [9.17, 15) is 13.2 Å². The highest BCUT2D eigenvalue weighted by Gasteiger charge is 2.13. The average molecular weight is 379 g/mol. The van der Waals surface area contributed by atoms with Crippen LogP contribution in [0.15, 0.2) is 45.6 Å². The molecule has 130 valence electrons. The number of anilines is 1. The predicted octanol–water partition coefficient (Wildman–Crippen LogP) is 2.53. The van der Waals surface area contributed by atoms with Crippen molar-refractivity contribution in [3.05, 3.63) is 52.5 Å². The first kappa shape index (κ1) is 17.1. The lowest BCUT2D eigenvalue weighted by Gasteiger charge is -2.06. The van der Waals surface area contributed by atoms with Gasteiger partial charge in [0, 0.05) is 16.6 Å². The molecule has 0 aliphatic carbocycles. The third-order valence-corrected chi connectivity index (χ3v) is 4.27. The minimum atomic E-state index is -3.43. The van der Waals surface area contributed by atoms with Gasteiger partial charge >= 0.3 is 5.97 Å². The summed E-state index contributed by atoms with van der Waals surface area (Å²) in [6.45, 7) is -0.181. The molecule has 0 aliphatic heterocycles. The predicted molar refractivity (Wildman–Crippen MR) is 91.6 cm³/mol. The van der Waals surface area contributed by atoms with Crippen molar-refractivity contribution < 1.29 is 22.5 Å². The average Bonchev–Trinajstić information content (AvgIpc) is 3.22. The monoisotopic (exact) mass is 379 g/mol. The van der Waals surface area contributed by atoms with E-state index in [1.165, 1.54) is 29.5 Å². The van der Waals surface area contributed by atoms with Crippen molar-refractivity contribution in [3.8, 4) is 11.4 Å². The summed E-state index contributed by atoms with van der Waals surface area (Å²) in [4.78, 5) is 16.2. The molecule has 0 saturated heterocycles. The number of aromatic nitrogens is 2. The molecule has 0 amide bonds. The molecule has 2 heterocycles. The number of nitrogens with one attached hydrogen (secondary N) is 1. The number of esters is 1. The van der Waals surface area contributed by atoms with Crippen LogP contribution >= 0.6 is 11.3 Å². The Bertz CT molecular complexity index is 980. The molecule has 1 N–H and O–H groups in total. The van der Waals surface area contributed by atoms with E-state index in [1.807, 2.05) is 16.8 Å². The summed E-state index contributed by atoms with van der Waals surface area (Å²) in [5, 5.41) is 7.58. The van der Waals surface area contributed by atoms with E-state index in [4.69, 9.17) is 9.26 Å². The fourth-order valence-electron chi connectivity index (χ4n) is 1.96. The van der Waals surface area contributed by atoms with Crippen LogP contribution in [-0.4, -0.2) is 30.8 Å². The van der Waals surface area contributed by atoms with Crippen molar-refractivity contribution in [2.24, 2.45) is 0 Å². The Hall–Kier alpha value is -2.72.